The van der Waals surface area contributed by atoms with E-state index in [4.69, 9.17) is 21.1 Å². The van der Waals surface area contributed by atoms with Crippen molar-refractivity contribution in [1.82, 2.24) is 20.1 Å². The lowest BCUT2D eigenvalue weighted by Crippen LogP contribution is -2.42. The topological polar surface area (TPSA) is 92.4 Å². The van der Waals surface area contributed by atoms with Crippen molar-refractivity contribution in [1.29, 1.82) is 0 Å². The number of carbonyl (C=O) groups excluding carboxylic acids is 1. The second-order valence-corrected chi connectivity index (χ2v) is 7.54. The summed E-state index contributed by atoms with van der Waals surface area (Å²) in [6.07, 6.45) is 2.00. The number of amides is 1. The predicted octanol–water partition coefficient (Wildman–Crippen LogP) is 3.34. The summed E-state index contributed by atoms with van der Waals surface area (Å²) in [4.78, 5) is 18.9. The number of aromatic amines is 1. The van der Waals surface area contributed by atoms with Gasteiger partial charge in [0.1, 0.15) is 17.7 Å². The average Bonchev–Trinajstić information content (AvgIpc) is 3.29. The summed E-state index contributed by atoms with van der Waals surface area (Å²) >= 11 is 6.11. The number of morpholine rings is 1. The molecule has 1 saturated heterocycles. The lowest BCUT2D eigenvalue weighted by Gasteiger charge is -2.32. The number of anilines is 1. The largest absolute Gasteiger partial charge is 0.492 e. The van der Waals surface area contributed by atoms with E-state index in [0.29, 0.717) is 54.9 Å². The molecule has 8 nitrogen and oxygen atoms in total. The van der Waals surface area contributed by atoms with Gasteiger partial charge in [0.05, 0.1) is 30.5 Å². The normalized spacial score (nSPS) is 16.2. The fourth-order valence-corrected chi connectivity index (χ4v) is 3.59. The minimum atomic E-state index is -0.280. The van der Waals surface area contributed by atoms with Crippen LogP contribution in [0.2, 0.25) is 5.02 Å². The van der Waals surface area contributed by atoms with Gasteiger partial charge in [0.15, 0.2) is 0 Å². The minimum absolute atomic E-state index is 0.0453. The number of rotatable bonds is 7. The molecule has 162 valence electrons. The predicted molar refractivity (Wildman–Crippen MR) is 118 cm³/mol. The SMILES string of the molecule is CNc1cc(C(=O)N2CCOC(c3cc(CCOc4ccccc4Cl)[nH]n3)C2)ccn1. The molecular weight excluding hydrogens is 418 g/mol. The van der Waals surface area contributed by atoms with Gasteiger partial charge in [-0.05, 0) is 30.3 Å². The molecule has 31 heavy (non-hydrogen) atoms. The van der Waals surface area contributed by atoms with Gasteiger partial charge in [0.25, 0.3) is 5.91 Å². The summed E-state index contributed by atoms with van der Waals surface area (Å²) in [5, 5.41) is 11.0. The van der Waals surface area contributed by atoms with Crippen LogP contribution in [0, 0.1) is 0 Å². The molecule has 1 unspecified atom stereocenters. The maximum absolute atomic E-state index is 12.9. The lowest BCUT2D eigenvalue weighted by atomic mass is 10.1. The van der Waals surface area contributed by atoms with Crippen molar-refractivity contribution in [2.45, 2.75) is 12.5 Å². The molecule has 3 heterocycles. The van der Waals surface area contributed by atoms with Crippen molar-refractivity contribution >= 4 is 23.3 Å². The molecule has 1 amide bonds. The van der Waals surface area contributed by atoms with Crippen LogP contribution in [0.15, 0.2) is 48.7 Å². The van der Waals surface area contributed by atoms with Gasteiger partial charge in [-0.15, -0.1) is 0 Å². The molecular formula is C22H24ClN5O3. The Kier molecular flexibility index (Phi) is 6.69. The number of hydrogen-bond acceptors (Lipinski definition) is 6. The molecule has 0 spiro atoms. The molecule has 0 radical (unpaired) electrons. The third-order valence-electron chi connectivity index (χ3n) is 5.06. The van der Waals surface area contributed by atoms with E-state index in [1.165, 1.54) is 0 Å². The van der Waals surface area contributed by atoms with Gasteiger partial charge in [0.2, 0.25) is 0 Å². The first-order valence-electron chi connectivity index (χ1n) is 10.1. The molecule has 1 atom stereocenters. The highest BCUT2D eigenvalue weighted by atomic mass is 35.5. The number of para-hydroxylation sites is 1. The molecule has 1 aliphatic rings. The molecule has 0 aliphatic carbocycles. The Morgan fingerprint density at radius 1 is 1.35 bits per heavy atom. The standard InChI is InChI=1S/C22H24ClN5O3/c1-24-21-12-15(6-8-25-21)22(29)28-9-11-31-20(14-28)18-13-16(26-27-18)7-10-30-19-5-3-2-4-17(19)23/h2-6,8,12-13,20H,7,9-11,14H2,1H3,(H,24,25)(H,26,27). The van der Waals surface area contributed by atoms with Crippen molar-refractivity contribution in [2.24, 2.45) is 0 Å². The van der Waals surface area contributed by atoms with E-state index in [2.05, 4.69) is 20.5 Å². The highest BCUT2D eigenvalue weighted by molar-refractivity contribution is 6.32. The number of aromatic nitrogens is 3. The summed E-state index contributed by atoms with van der Waals surface area (Å²) in [7, 11) is 1.77. The van der Waals surface area contributed by atoms with E-state index >= 15 is 0 Å². The number of H-pyrrole nitrogens is 1. The van der Waals surface area contributed by atoms with Gasteiger partial charge in [-0.1, -0.05) is 23.7 Å². The van der Waals surface area contributed by atoms with Crippen LogP contribution < -0.4 is 10.1 Å². The van der Waals surface area contributed by atoms with E-state index in [1.807, 2.05) is 24.3 Å². The minimum Gasteiger partial charge on any atom is -0.492 e. The van der Waals surface area contributed by atoms with E-state index < -0.39 is 0 Å². The zero-order chi connectivity index (χ0) is 21.6. The van der Waals surface area contributed by atoms with Gasteiger partial charge in [-0.2, -0.15) is 5.10 Å². The molecule has 0 saturated carbocycles. The van der Waals surface area contributed by atoms with Crippen LogP contribution in [-0.4, -0.2) is 59.3 Å². The number of hydrogen-bond donors (Lipinski definition) is 2. The number of halogens is 1. The van der Waals surface area contributed by atoms with E-state index in [9.17, 15) is 4.79 Å². The van der Waals surface area contributed by atoms with Crippen LogP contribution >= 0.6 is 11.6 Å². The molecule has 1 aliphatic heterocycles. The number of benzene rings is 1. The highest BCUT2D eigenvalue weighted by Crippen LogP contribution is 2.24. The Morgan fingerprint density at radius 2 is 2.23 bits per heavy atom. The van der Waals surface area contributed by atoms with Crippen LogP contribution in [0.1, 0.15) is 27.8 Å². The second kappa shape index (κ2) is 9.80. The Labute approximate surface area is 185 Å². The van der Waals surface area contributed by atoms with Crippen LogP contribution in [-0.2, 0) is 11.2 Å². The van der Waals surface area contributed by atoms with Gasteiger partial charge in [0, 0.05) is 37.5 Å². The fraction of sp³-hybridized carbons (Fsp3) is 0.318. The Balaban J connectivity index is 1.35. The quantitative estimate of drug-likeness (QED) is 0.584. The van der Waals surface area contributed by atoms with Crippen molar-refractivity contribution in [3.05, 3.63) is 70.6 Å². The van der Waals surface area contributed by atoms with Crippen molar-refractivity contribution in [3.63, 3.8) is 0 Å². The number of carbonyl (C=O) groups is 1. The monoisotopic (exact) mass is 441 g/mol. The first kappa shape index (κ1) is 21.1. The van der Waals surface area contributed by atoms with Gasteiger partial charge in [-0.3, -0.25) is 9.89 Å². The number of nitrogens with one attached hydrogen (secondary N) is 2. The maximum Gasteiger partial charge on any atom is 0.254 e. The van der Waals surface area contributed by atoms with E-state index in [-0.39, 0.29) is 12.0 Å². The average molecular weight is 442 g/mol. The summed E-state index contributed by atoms with van der Waals surface area (Å²) in [6, 6.07) is 12.8. The Bertz CT molecular complexity index is 1040. The smallest absolute Gasteiger partial charge is 0.254 e. The van der Waals surface area contributed by atoms with Crippen LogP contribution in [0.3, 0.4) is 0 Å². The number of ether oxygens (including phenoxy) is 2. The van der Waals surface area contributed by atoms with Crippen molar-refractivity contribution in [2.75, 3.05) is 38.7 Å². The van der Waals surface area contributed by atoms with Crippen molar-refractivity contribution in [3.8, 4) is 5.75 Å². The summed E-state index contributed by atoms with van der Waals surface area (Å²) in [5.41, 5.74) is 2.30. The maximum atomic E-state index is 12.9. The number of nitrogens with zero attached hydrogens (tertiary/aromatic N) is 3. The second-order valence-electron chi connectivity index (χ2n) is 7.14. The first-order chi connectivity index (χ1) is 15.1. The van der Waals surface area contributed by atoms with E-state index in [0.717, 1.165) is 11.4 Å². The zero-order valence-electron chi connectivity index (χ0n) is 17.2. The Morgan fingerprint density at radius 3 is 3.06 bits per heavy atom. The third kappa shape index (κ3) is 5.15. The fourth-order valence-electron chi connectivity index (χ4n) is 3.40. The van der Waals surface area contributed by atoms with Gasteiger partial charge >= 0.3 is 0 Å². The van der Waals surface area contributed by atoms with E-state index in [1.54, 1.807) is 36.3 Å². The number of pyridine rings is 1. The first-order valence-corrected chi connectivity index (χ1v) is 10.5. The van der Waals surface area contributed by atoms with Crippen LogP contribution in [0.25, 0.3) is 0 Å². The third-order valence-corrected chi connectivity index (χ3v) is 5.38. The molecule has 0 bridgehead atoms. The highest BCUT2D eigenvalue weighted by Gasteiger charge is 2.28. The lowest BCUT2D eigenvalue weighted by molar-refractivity contribution is -0.0247. The Hall–Kier alpha value is -3.10. The van der Waals surface area contributed by atoms with Crippen LogP contribution in [0.4, 0.5) is 5.82 Å². The molecule has 9 heteroatoms. The van der Waals surface area contributed by atoms with Gasteiger partial charge in [-0.25, -0.2) is 4.98 Å². The van der Waals surface area contributed by atoms with Crippen molar-refractivity contribution < 1.29 is 14.3 Å². The summed E-state index contributed by atoms with van der Waals surface area (Å²) < 4.78 is 11.6. The molecule has 1 fully saturated rings. The summed E-state index contributed by atoms with van der Waals surface area (Å²) in [5.74, 6) is 1.27. The molecule has 2 aromatic heterocycles. The molecule has 2 N–H and O–H groups in total. The molecule has 1 aromatic carbocycles. The zero-order valence-corrected chi connectivity index (χ0v) is 17.9. The molecule has 3 aromatic rings. The molecule has 4 rings (SSSR count). The van der Waals surface area contributed by atoms with Crippen LogP contribution in [0.5, 0.6) is 5.75 Å². The summed E-state index contributed by atoms with van der Waals surface area (Å²) in [6.45, 7) is 1.90. The van der Waals surface area contributed by atoms with Gasteiger partial charge < -0.3 is 19.7 Å².